The third-order valence-electron chi connectivity index (χ3n) is 3.69. The molecule has 1 heterocycles. The summed E-state index contributed by atoms with van der Waals surface area (Å²) in [5.41, 5.74) is 2.60. The largest absolute Gasteiger partial charge is 0.382 e. The van der Waals surface area contributed by atoms with Crippen LogP contribution in [0.5, 0.6) is 0 Å². The van der Waals surface area contributed by atoms with E-state index in [1.165, 1.54) is 17.7 Å². The van der Waals surface area contributed by atoms with Crippen LogP contribution in [0.2, 0.25) is 0 Å². The van der Waals surface area contributed by atoms with Crippen LogP contribution in [0.15, 0.2) is 59.8 Å². The lowest BCUT2D eigenvalue weighted by atomic mass is 10.0. The number of nitrogens with zero attached hydrogens (tertiary/aromatic N) is 1. The molecule has 2 aromatic carbocycles. The first-order chi connectivity index (χ1) is 11.2. The Morgan fingerprint density at radius 2 is 1.91 bits per heavy atom. The molecule has 0 aromatic heterocycles. The molecule has 0 fully saturated rings. The molecule has 1 aliphatic heterocycles. The van der Waals surface area contributed by atoms with Gasteiger partial charge in [-0.3, -0.25) is 4.79 Å². The average molecular weight is 312 g/mol. The van der Waals surface area contributed by atoms with Gasteiger partial charge < -0.3 is 10.2 Å². The van der Waals surface area contributed by atoms with Crippen molar-refractivity contribution in [2.24, 2.45) is 5.16 Å². The molecule has 0 saturated heterocycles. The Bertz CT molecular complexity index is 699. The zero-order valence-electron chi connectivity index (χ0n) is 12.5. The number of carbonyl (C=O) groups excluding carboxylic acids is 1. The number of rotatable bonds is 5. The molecule has 3 rings (SSSR count). The predicted octanol–water partition coefficient (Wildman–Crippen LogP) is 2.68. The molecule has 1 unspecified atom stereocenters. The van der Waals surface area contributed by atoms with Crippen molar-refractivity contribution in [1.82, 2.24) is 5.32 Å². The molecule has 4 nitrogen and oxygen atoms in total. The monoisotopic (exact) mass is 312 g/mol. The maximum atomic E-state index is 12.9. The third-order valence-corrected chi connectivity index (χ3v) is 3.69. The van der Waals surface area contributed by atoms with Gasteiger partial charge in [-0.05, 0) is 29.7 Å². The van der Waals surface area contributed by atoms with Crippen LogP contribution in [0, 0.1) is 5.82 Å². The maximum Gasteiger partial charge on any atom is 0.264 e. The minimum atomic E-state index is -0.620. The van der Waals surface area contributed by atoms with Crippen molar-refractivity contribution in [2.75, 3.05) is 6.54 Å². The maximum absolute atomic E-state index is 12.9. The topological polar surface area (TPSA) is 50.7 Å². The Balaban J connectivity index is 1.48. The first-order valence-electron chi connectivity index (χ1n) is 7.52. The quantitative estimate of drug-likeness (QED) is 0.923. The van der Waals surface area contributed by atoms with Crippen molar-refractivity contribution in [3.05, 3.63) is 71.5 Å². The molecule has 1 amide bonds. The number of nitrogens with one attached hydrogen (secondary N) is 1. The summed E-state index contributed by atoms with van der Waals surface area (Å²) in [7, 11) is 0. The highest BCUT2D eigenvalue weighted by Crippen LogP contribution is 2.17. The lowest BCUT2D eigenvalue weighted by Crippen LogP contribution is -2.36. The van der Waals surface area contributed by atoms with E-state index in [4.69, 9.17) is 4.84 Å². The standard InChI is InChI=1S/C18H17FN2O2/c19-15-8-6-14(7-9-15)16-12-17(23-21-16)18(22)20-11-10-13-4-2-1-3-5-13/h1-9,17H,10-12H2,(H,20,22). The van der Waals surface area contributed by atoms with Gasteiger partial charge in [-0.15, -0.1) is 0 Å². The van der Waals surface area contributed by atoms with Crippen LogP contribution in [0.25, 0.3) is 0 Å². The molecule has 23 heavy (non-hydrogen) atoms. The predicted molar refractivity (Wildman–Crippen MR) is 85.6 cm³/mol. The van der Waals surface area contributed by atoms with E-state index >= 15 is 0 Å². The summed E-state index contributed by atoms with van der Waals surface area (Å²) in [6.07, 6.45) is 0.541. The Morgan fingerprint density at radius 3 is 2.65 bits per heavy atom. The smallest absolute Gasteiger partial charge is 0.264 e. The average Bonchev–Trinajstić information content (AvgIpc) is 3.06. The minimum absolute atomic E-state index is 0.179. The molecule has 2 aromatic rings. The lowest BCUT2D eigenvalue weighted by Gasteiger charge is -2.09. The summed E-state index contributed by atoms with van der Waals surface area (Å²) >= 11 is 0. The van der Waals surface area contributed by atoms with Gasteiger partial charge in [0.25, 0.3) is 5.91 Å². The van der Waals surface area contributed by atoms with E-state index < -0.39 is 6.10 Å². The first-order valence-corrected chi connectivity index (χ1v) is 7.52. The first kappa shape index (κ1) is 15.2. The van der Waals surface area contributed by atoms with E-state index in [0.717, 1.165) is 12.0 Å². The van der Waals surface area contributed by atoms with E-state index in [-0.39, 0.29) is 11.7 Å². The highest BCUT2D eigenvalue weighted by molar-refractivity contribution is 6.04. The van der Waals surface area contributed by atoms with Crippen molar-refractivity contribution >= 4 is 11.6 Å². The van der Waals surface area contributed by atoms with Gasteiger partial charge in [-0.2, -0.15) is 0 Å². The second-order valence-corrected chi connectivity index (χ2v) is 5.37. The Morgan fingerprint density at radius 1 is 1.17 bits per heavy atom. The molecule has 5 heteroatoms. The van der Waals surface area contributed by atoms with Crippen molar-refractivity contribution in [3.63, 3.8) is 0 Å². The zero-order chi connectivity index (χ0) is 16.1. The number of hydrogen-bond donors (Lipinski definition) is 1. The Hall–Kier alpha value is -2.69. The van der Waals surface area contributed by atoms with Gasteiger partial charge in [0.05, 0.1) is 5.71 Å². The van der Waals surface area contributed by atoms with Crippen LogP contribution < -0.4 is 5.32 Å². The second-order valence-electron chi connectivity index (χ2n) is 5.37. The SMILES string of the molecule is O=C(NCCc1ccccc1)C1CC(c2ccc(F)cc2)=NO1. The fourth-order valence-electron chi connectivity index (χ4n) is 2.42. The van der Waals surface area contributed by atoms with Gasteiger partial charge in [0.2, 0.25) is 6.10 Å². The fraction of sp³-hybridized carbons (Fsp3) is 0.222. The molecule has 0 bridgehead atoms. The van der Waals surface area contributed by atoms with Gasteiger partial charge in [0.15, 0.2) is 0 Å². The molecule has 1 atom stereocenters. The number of oxime groups is 1. The van der Waals surface area contributed by atoms with Crippen LogP contribution in [-0.2, 0) is 16.1 Å². The van der Waals surface area contributed by atoms with Gasteiger partial charge in [0, 0.05) is 13.0 Å². The minimum Gasteiger partial charge on any atom is -0.382 e. The van der Waals surface area contributed by atoms with Crippen LogP contribution in [-0.4, -0.2) is 24.3 Å². The van der Waals surface area contributed by atoms with E-state index in [0.29, 0.717) is 18.7 Å². The van der Waals surface area contributed by atoms with Crippen LogP contribution >= 0.6 is 0 Å². The van der Waals surface area contributed by atoms with Gasteiger partial charge in [-0.25, -0.2) is 4.39 Å². The molecular weight excluding hydrogens is 295 g/mol. The molecule has 0 radical (unpaired) electrons. The second kappa shape index (κ2) is 7.05. The number of hydrogen-bond acceptors (Lipinski definition) is 3. The third kappa shape index (κ3) is 3.94. The summed E-state index contributed by atoms with van der Waals surface area (Å²) in [4.78, 5) is 17.3. The fourth-order valence-corrected chi connectivity index (χ4v) is 2.42. The van der Waals surface area contributed by atoms with E-state index in [9.17, 15) is 9.18 Å². The summed E-state index contributed by atoms with van der Waals surface area (Å²) < 4.78 is 12.9. The summed E-state index contributed by atoms with van der Waals surface area (Å²) in [5.74, 6) is -0.481. The van der Waals surface area contributed by atoms with Gasteiger partial charge in [0.1, 0.15) is 5.82 Å². The Kier molecular flexibility index (Phi) is 4.66. The Labute approximate surface area is 134 Å². The molecule has 1 aliphatic rings. The molecule has 0 aliphatic carbocycles. The summed E-state index contributed by atoms with van der Waals surface area (Å²) in [5, 5.41) is 6.79. The summed E-state index contributed by atoms with van der Waals surface area (Å²) in [6, 6.07) is 15.9. The molecular formula is C18H17FN2O2. The van der Waals surface area contributed by atoms with Crippen molar-refractivity contribution in [2.45, 2.75) is 18.9 Å². The zero-order valence-corrected chi connectivity index (χ0v) is 12.5. The van der Waals surface area contributed by atoms with Crippen molar-refractivity contribution in [3.8, 4) is 0 Å². The molecule has 1 N–H and O–H groups in total. The van der Waals surface area contributed by atoms with Crippen LogP contribution in [0.4, 0.5) is 4.39 Å². The van der Waals surface area contributed by atoms with Crippen molar-refractivity contribution in [1.29, 1.82) is 0 Å². The number of carbonyl (C=O) groups is 1. The van der Waals surface area contributed by atoms with Gasteiger partial charge >= 0.3 is 0 Å². The lowest BCUT2D eigenvalue weighted by molar-refractivity contribution is -0.131. The van der Waals surface area contributed by atoms with Crippen LogP contribution in [0.3, 0.4) is 0 Å². The van der Waals surface area contributed by atoms with E-state index in [2.05, 4.69) is 10.5 Å². The van der Waals surface area contributed by atoms with Crippen LogP contribution in [0.1, 0.15) is 17.5 Å². The van der Waals surface area contributed by atoms with E-state index in [1.807, 2.05) is 30.3 Å². The number of benzene rings is 2. The van der Waals surface area contributed by atoms with Gasteiger partial charge in [-0.1, -0.05) is 47.6 Å². The molecule has 118 valence electrons. The normalized spacial score (nSPS) is 16.6. The van der Waals surface area contributed by atoms with Crippen molar-refractivity contribution < 1.29 is 14.0 Å². The number of halogens is 1. The summed E-state index contributed by atoms with van der Waals surface area (Å²) in [6.45, 7) is 0.550. The van der Waals surface area contributed by atoms with E-state index in [1.54, 1.807) is 12.1 Å². The molecule has 0 saturated carbocycles. The highest BCUT2D eigenvalue weighted by atomic mass is 19.1. The number of amides is 1. The molecule has 0 spiro atoms. The highest BCUT2D eigenvalue weighted by Gasteiger charge is 2.28.